The molecule has 0 fully saturated rings. The minimum absolute atomic E-state index is 0.282. The SMILES string of the molecule is COC(=O)[C@H](CON)C(=O)NC(=O)[C@@H](N)CON. The van der Waals surface area contributed by atoms with E-state index in [0.29, 0.717) is 0 Å². The lowest BCUT2D eigenvalue weighted by Gasteiger charge is -2.14. The van der Waals surface area contributed by atoms with Crippen LogP contribution >= 0.6 is 0 Å². The first-order valence-electron chi connectivity index (χ1n) is 4.79. The van der Waals surface area contributed by atoms with E-state index in [0.717, 1.165) is 7.11 Å². The first-order valence-corrected chi connectivity index (χ1v) is 4.79. The molecule has 0 saturated carbocycles. The van der Waals surface area contributed by atoms with Crippen LogP contribution < -0.4 is 22.8 Å². The van der Waals surface area contributed by atoms with Gasteiger partial charge in [-0.15, -0.1) is 0 Å². The Morgan fingerprint density at radius 2 is 1.67 bits per heavy atom. The minimum Gasteiger partial charge on any atom is -0.468 e. The predicted octanol–water partition coefficient (Wildman–Crippen LogP) is -3.47. The first-order chi connectivity index (χ1) is 8.47. The van der Waals surface area contributed by atoms with Gasteiger partial charge in [0.25, 0.3) is 0 Å². The zero-order valence-corrected chi connectivity index (χ0v) is 9.75. The first kappa shape index (κ1) is 16.4. The summed E-state index contributed by atoms with van der Waals surface area (Å²) in [7, 11) is 1.08. The Morgan fingerprint density at radius 1 is 1.11 bits per heavy atom. The molecule has 18 heavy (non-hydrogen) atoms. The summed E-state index contributed by atoms with van der Waals surface area (Å²) in [5, 5.41) is 1.89. The van der Waals surface area contributed by atoms with Crippen LogP contribution in [0.5, 0.6) is 0 Å². The highest BCUT2D eigenvalue weighted by Crippen LogP contribution is 2.00. The number of hydrogen-bond acceptors (Lipinski definition) is 9. The Kier molecular flexibility index (Phi) is 7.74. The number of methoxy groups -OCH3 is 1. The average Bonchev–Trinajstić information content (AvgIpc) is 2.34. The summed E-state index contributed by atoms with van der Waals surface area (Å²) in [6.45, 7) is -0.718. The van der Waals surface area contributed by atoms with E-state index in [1.54, 1.807) is 0 Å². The smallest absolute Gasteiger partial charge is 0.320 e. The number of carbonyl (C=O) groups excluding carboxylic acids is 3. The standard InChI is InChI=1S/C8H16N4O6/c1-16-8(15)4(2-17-10)6(13)12-7(14)5(9)3-18-11/h4-5H,2-3,9-11H2,1H3,(H,12,13,14)/t4-,5+/m1/s1. The molecule has 2 amide bonds. The second-order valence-corrected chi connectivity index (χ2v) is 3.20. The van der Waals surface area contributed by atoms with Gasteiger partial charge in [0.1, 0.15) is 6.04 Å². The second-order valence-electron chi connectivity index (χ2n) is 3.20. The number of amides is 2. The molecule has 0 aliphatic rings. The molecule has 0 aromatic carbocycles. The van der Waals surface area contributed by atoms with Gasteiger partial charge in [-0.05, 0) is 0 Å². The molecule has 0 bridgehead atoms. The average molecular weight is 264 g/mol. The Bertz CT molecular complexity index is 310. The Labute approximate surface area is 103 Å². The maximum atomic E-state index is 11.6. The zero-order chi connectivity index (χ0) is 14.1. The molecule has 0 aliphatic carbocycles. The number of carbonyl (C=O) groups is 3. The van der Waals surface area contributed by atoms with Gasteiger partial charge in [0, 0.05) is 0 Å². The van der Waals surface area contributed by atoms with Crippen LogP contribution in [0.25, 0.3) is 0 Å². The molecule has 0 radical (unpaired) electrons. The summed E-state index contributed by atoms with van der Waals surface area (Å²) in [6, 6.07) is -1.14. The molecule has 10 nitrogen and oxygen atoms in total. The highest BCUT2D eigenvalue weighted by atomic mass is 16.6. The monoisotopic (exact) mass is 264 g/mol. The van der Waals surface area contributed by atoms with Crippen molar-refractivity contribution in [3.63, 3.8) is 0 Å². The van der Waals surface area contributed by atoms with Gasteiger partial charge < -0.3 is 20.1 Å². The summed E-state index contributed by atoms with van der Waals surface area (Å²) in [5.74, 6) is 5.43. The third-order valence-electron chi connectivity index (χ3n) is 1.92. The molecule has 7 N–H and O–H groups in total. The molecule has 104 valence electrons. The fraction of sp³-hybridized carbons (Fsp3) is 0.625. The molecule has 0 saturated heterocycles. The predicted molar refractivity (Wildman–Crippen MR) is 56.9 cm³/mol. The van der Waals surface area contributed by atoms with Crippen LogP contribution in [-0.2, 0) is 28.8 Å². The topological polar surface area (TPSA) is 169 Å². The van der Waals surface area contributed by atoms with Gasteiger partial charge in [-0.1, -0.05) is 0 Å². The van der Waals surface area contributed by atoms with Crippen LogP contribution in [0.1, 0.15) is 0 Å². The van der Waals surface area contributed by atoms with E-state index in [2.05, 4.69) is 14.4 Å². The Hall–Kier alpha value is -1.59. The van der Waals surface area contributed by atoms with Crippen molar-refractivity contribution in [2.75, 3.05) is 20.3 Å². The summed E-state index contributed by atoms with van der Waals surface area (Å²) >= 11 is 0. The lowest BCUT2D eigenvalue weighted by molar-refractivity contribution is -0.153. The van der Waals surface area contributed by atoms with Gasteiger partial charge in [-0.25, -0.2) is 11.8 Å². The van der Waals surface area contributed by atoms with Crippen LogP contribution in [0, 0.1) is 5.92 Å². The van der Waals surface area contributed by atoms with Crippen molar-refractivity contribution in [3.05, 3.63) is 0 Å². The number of imide groups is 1. The second kappa shape index (κ2) is 8.49. The van der Waals surface area contributed by atoms with E-state index in [4.69, 9.17) is 17.5 Å². The van der Waals surface area contributed by atoms with Gasteiger partial charge in [-0.3, -0.25) is 19.7 Å². The van der Waals surface area contributed by atoms with E-state index in [9.17, 15) is 14.4 Å². The van der Waals surface area contributed by atoms with E-state index in [1.807, 2.05) is 5.32 Å². The van der Waals surface area contributed by atoms with Crippen molar-refractivity contribution in [3.8, 4) is 0 Å². The third-order valence-corrected chi connectivity index (χ3v) is 1.92. The van der Waals surface area contributed by atoms with Gasteiger partial charge in [0.05, 0.1) is 20.3 Å². The van der Waals surface area contributed by atoms with Gasteiger partial charge in [0.15, 0.2) is 5.92 Å². The molecular formula is C8H16N4O6. The molecule has 0 spiro atoms. The van der Waals surface area contributed by atoms with Gasteiger partial charge in [0.2, 0.25) is 11.8 Å². The van der Waals surface area contributed by atoms with Crippen LogP contribution in [0.3, 0.4) is 0 Å². The Balaban J connectivity index is 4.50. The molecule has 0 aliphatic heterocycles. The van der Waals surface area contributed by atoms with E-state index in [1.165, 1.54) is 0 Å². The van der Waals surface area contributed by atoms with Gasteiger partial charge in [-0.2, -0.15) is 0 Å². The number of nitrogens with one attached hydrogen (secondary N) is 1. The quantitative estimate of drug-likeness (QED) is 0.207. The number of nitrogens with two attached hydrogens (primary N) is 3. The van der Waals surface area contributed by atoms with Crippen molar-refractivity contribution >= 4 is 17.8 Å². The van der Waals surface area contributed by atoms with E-state index >= 15 is 0 Å². The van der Waals surface area contributed by atoms with Crippen molar-refractivity contribution < 1.29 is 28.8 Å². The number of ether oxygens (including phenoxy) is 1. The highest BCUT2D eigenvalue weighted by molar-refractivity contribution is 6.06. The molecular weight excluding hydrogens is 248 g/mol. The normalized spacial score (nSPS) is 13.6. The van der Waals surface area contributed by atoms with Crippen LogP contribution in [0.15, 0.2) is 0 Å². The fourth-order valence-electron chi connectivity index (χ4n) is 0.970. The molecule has 0 aromatic rings. The van der Waals surface area contributed by atoms with Crippen molar-refractivity contribution in [1.82, 2.24) is 5.32 Å². The summed E-state index contributed by atoms with van der Waals surface area (Å²) < 4.78 is 4.35. The van der Waals surface area contributed by atoms with Crippen molar-refractivity contribution in [1.29, 1.82) is 0 Å². The number of hydrogen-bond donors (Lipinski definition) is 4. The lowest BCUT2D eigenvalue weighted by Crippen LogP contribution is -2.50. The van der Waals surface area contributed by atoms with Gasteiger partial charge >= 0.3 is 5.97 Å². The third kappa shape index (κ3) is 5.16. The molecule has 0 aromatic heterocycles. The van der Waals surface area contributed by atoms with Crippen LogP contribution in [0.4, 0.5) is 0 Å². The number of esters is 1. The molecule has 0 heterocycles. The maximum Gasteiger partial charge on any atom is 0.320 e. The van der Waals surface area contributed by atoms with E-state index < -0.39 is 36.4 Å². The maximum absolute atomic E-state index is 11.6. The Morgan fingerprint density at radius 3 is 2.11 bits per heavy atom. The van der Waals surface area contributed by atoms with Crippen LogP contribution in [0.2, 0.25) is 0 Å². The largest absolute Gasteiger partial charge is 0.468 e. The summed E-state index contributed by atoms with van der Waals surface area (Å²) in [5.41, 5.74) is 5.32. The molecule has 0 unspecified atom stereocenters. The van der Waals surface area contributed by atoms with E-state index in [-0.39, 0.29) is 6.61 Å². The molecule has 10 heteroatoms. The van der Waals surface area contributed by atoms with Crippen molar-refractivity contribution in [2.24, 2.45) is 23.4 Å². The van der Waals surface area contributed by atoms with Crippen LogP contribution in [-0.4, -0.2) is 44.1 Å². The lowest BCUT2D eigenvalue weighted by atomic mass is 10.1. The minimum atomic E-state index is -1.37. The van der Waals surface area contributed by atoms with Crippen molar-refractivity contribution in [2.45, 2.75) is 6.04 Å². The summed E-state index contributed by atoms with van der Waals surface area (Å²) in [4.78, 5) is 42.5. The summed E-state index contributed by atoms with van der Waals surface area (Å²) in [6.07, 6.45) is 0. The highest BCUT2D eigenvalue weighted by Gasteiger charge is 2.30. The molecule has 2 atom stereocenters. The zero-order valence-electron chi connectivity index (χ0n) is 9.75. The number of rotatable bonds is 7. The molecule has 0 rings (SSSR count). The fourth-order valence-corrected chi connectivity index (χ4v) is 0.970.